The lowest BCUT2D eigenvalue weighted by molar-refractivity contribution is -0.0511. The van der Waals surface area contributed by atoms with Crippen LogP contribution < -0.4 is 4.74 Å². The molecule has 0 aliphatic rings. The third kappa shape index (κ3) is 2.41. The van der Waals surface area contributed by atoms with Crippen molar-refractivity contribution in [2.24, 2.45) is 0 Å². The number of hydrogen-bond donors (Lipinski definition) is 1. The summed E-state index contributed by atoms with van der Waals surface area (Å²) in [5.74, 6) is -0.184. The molecule has 1 N–H and O–H groups in total. The van der Waals surface area contributed by atoms with Crippen molar-refractivity contribution in [3.63, 3.8) is 0 Å². The first kappa shape index (κ1) is 10.4. The SMILES string of the molecule is N#CC(O)c1ccccc1OC(F)F. The lowest BCUT2D eigenvalue weighted by Gasteiger charge is -2.10. The van der Waals surface area contributed by atoms with E-state index in [0.717, 1.165) is 0 Å². The van der Waals surface area contributed by atoms with E-state index in [4.69, 9.17) is 10.4 Å². The average molecular weight is 199 g/mol. The molecule has 1 rings (SSSR count). The number of nitriles is 1. The molecule has 3 nitrogen and oxygen atoms in total. The van der Waals surface area contributed by atoms with Gasteiger partial charge in [-0.25, -0.2) is 0 Å². The Morgan fingerprint density at radius 2 is 2.00 bits per heavy atom. The van der Waals surface area contributed by atoms with Crippen LogP contribution >= 0.6 is 0 Å². The van der Waals surface area contributed by atoms with Crippen molar-refractivity contribution in [1.82, 2.24) is 0 Å². The third-order valence-corrected chi connectivity index (χ3v) is 1.55. The van der Waals surface area contributed by atoms with E-state index in [1.54, 1.807) is 0 Å². The van der Waals surface area contributed by atoms with Gasteiger partial charge in [-0.3, -0.25) is 0 Å². The van der Waals surface area contributed by atoms with E-state index >= 15 is 0 Å². The van der Waals surface area contributed by atoms with Crippen LogP contribution in [-0.4, -0.2) is 11.7 Å². The van der Waals surface area contributed by atoms with Gasteiger partial charge in [0.15, 0.2) is 6.10 Å². The first-order chi connectivity index (χ1) is 6.65. The van der Waals surface area contributed by atoms with Crippen LogP contribution in [0.1, 0.15) is 11.7 Å². The molecule has 1 aromatic carbocycles. The van der Waals surface area contributed by atoms with Gasteiger partial charge in [0.05, 0.1) is 6.07 Å². The van der Waals surface area contributed by atoms with Crippen molar-refractivity contribution in [2.75, 3.05) is 0 Å². The molecule has 1 aromatic rings. The highest BCUT2D eigenvalue weighted by Crippen LogP contribution is 2.25. The summed E-state index contributed by atoms with van der Waals surface area (Å²) < 4.78 is 27.9. The number of para-hydroxylation sites is 1. The Labute approximate surface area is 79.2 Å². The zero-order valence-corrected chi connectivity index (χ0v) is 7.02. The van der Waals surface area contributed by atoms with E-state index in [1.807, 2.05) is 0 Å². The molecule has 0 amide bonds. The summed E-state index contributed by atoms with van der Waals surface area (Å²) in [4.78, 5) is 0. The molecule has 0 bridgehead atoms. The second-order valence-electron chi connectivity index (χ2n) is 2.45. The predicted molar refractivity (Wildman–Crippen MR) is 43.6 cm³/mol. The number of hydrogen-bond acceptors (Lipinski definition) is 3. The van der Waals surface area contributed by atoms with Gasteiger partial charge in [-0.2, -0.15) is 14.0 Å². The molecule has 0 saturated carbocycles. The fraction of sp³-hybridized carbons (Fsp3) is 0.222. The van der Waals surface area contributed by atoms with E-state index in [-0.39, 0.29) is 11.3 Å². The highest BCUT2D eigenvalue weighted by molar-refractivity contribution is 5.37. The molecule has 0 heterocycles. The van der Waals surface area contributed by atoms with Gasteiger partial charge in [-0.1, -0.05) is 18.2 Å². The van der Waals surface area contributed by atoms with E-state index in [2.05, 4.69) is 4.74 Å². The minimum Gasteiger partial charge on any atom is -0.434 e. The number of benzene rings is 1. The van der Waals surface area contributed by atoms with E-state index < -0.39 is 12.7 Å². The van der Waals surface area contributed by atoms with Crippen molar-refractivity contribution in [2.45, 2.75) is 12.7 Å². The molecule has 0 spiro atoms. The van der Waals surface area contributed by atoms with Gasteiger partial charge in [0, 0.05) is 5.56 Å². The van der Waals surface area contributed by atoms with Crippen LogP contribution in [0.3, 0.4) is 0 Å². The molecule has 0 fully saturated rings. The molecule has 0 aromatic heterocycles. The molecule has 14 heavy (non-hydrogen) atoms. The third-order valence-electron chi connectivity index (χ3n) is 1.55. The number of aliphatic hydroxyl groups excluding tert-OH is 1. The van der Waals surface area contributed by atoms with Gasteiger partial charge >= 0.3 is 6.61 Å². The quantitative estimate of drug-likeness (QED) is 0.755. The van der Waals surface area contributed by atoms with Crippen molar-refractivity contribution in [3.05, 3.63) is 29.8 Å². The lowest BCUT2D eigenvalue weighted by Crippen LogP contribution is -2.06. The Balaban J connectivity index is 2.98. The summed E-state index contributed by atoms with van der Waals surface area (Å²) in [6.07, 6.45) is -1.45. The molecular weight excluding hydrogens is 192 g/mol. The van der Waals surface area contributed by atoms with Gasteiger partial charge in [0.25, 0.3) is 0 Å². The zero-order chi connectivity index (χ0) is 10.6. The first-order valence-corrected chi connectivity index (χ1v) is 3.76. The Morgan fingerprint density at radius 1 is 1.36 bits per heavy atom. The van der Waals surface area contributed by atoms with Gasteiger partial charge in [0.2, 0.25) is 0 Å². The molecule has 74 valence electrons. The van der Waals surface area contributed by atoms with Crippen molar-refractivity contribution in [1.29, 1.82) is 5.26 Å². The molecular formula is C9H7F2NO2. The molecule has 0 saturated heterocycles. The summed E-state index contributed by atoms with van der Waals surface area (Å²) in [6.45, 7) is -2.97. The second kappa shape index (κ2) is 4.53. The van der Waals surface area contributed by atoms with Crippen LogP contribution in [0, 0.1) is 11.3 Å². The first-order valence-electron chi connectivity index (χ1n) is 3.76. The van der Waals surface area contributed by atoms with Gasteiger partial charge in [-0.15, -0.1) is 0 Å². The maximum absolute atomic E-state index is 11.9. The van der Waals surface area contributed by atoms with E-state index in [9.17, 15) is 8.78 Å². The van der Waals surface area contributed by atoms with Gasteiger partial charge in [0.1, 0.15) is 5.75 Å². The fourth-order valence-electron chi connectivity index (χ4n) is 0.979. The number of halogens is 2. The fourth-order valence-corrected chi connectivity index (χ4v) is 0.979. The molecule has 1 atom stereocenters. The topological polar surface area (TPSA) is 53.2 Å². The predicted octanol–water partition coefficient (Wildman–Crippen LogP) is 1.84. The van der Waals surface area contributed by atoms with Crippen LogP contribution in [0.25, 0.3) is 0 Å². The molecule has 5 heteroatoms. The minimum absolute atomic E-state index is 0.0373. The molecule has 0 radical (unpaired) electrons. The Morgan fingerprint density at radius 3 is 2.57 bits per heavy atom. The maximum atomic E-state index is 11.9. The number of ether oxygens (including phenoxy) is 1. The summed E-state index contributed by atoms with van der Waals surface area (Å²) >= 11 is 0. The largest absolute Gasteiger partial charge is 0.434 e. The van der Waals surface area contributed by atoms with Gasteiger partial charge < -0.3 is 9.84 Å². The Hall–Kier alpha value is -1.67. The number of nitrogens with zero attached hydrogens (tertiary/aromatic N) is 1. The summed E-state index contributed by atoms with van der Waals surface area (Å²) in [5, 5.41) is 17.5. The Kier molecular flexibility index (Phi) is 3.37. The smallest absolute Gasteiger partial charge is 0.387 e. The minimum atomic E-state index is -2.97. The van der Waals surface area contributed by atoms with Crippen molar-refractivity contribution < 1.29 is 18.6 Å². The van der Waals surface area contributed by atoms with Crippen molar-refractivity contribution >= 4 is 0 Å². The molecule has 1 unspecified atom stereocenters. The summed E-state index contributed by atoms with van der Waals surface area (Å²) in [5.41, 5.74) is 0.0373. The van der Waals surface area contributed by atoms with Gasteiger partial charge in [-0.05, 0) is 6.07 Å². The van der Waals surface area contributed by atoms with Crippen LogP contribution in [0.4, 0.5) is 8.78 Å². The number of alkyl halides is 2. The summed E-state index contributed by atoms with van der Waals surface area (Å²) in [7, 11) is 0. The lowest BCUT2D eigenvalue weighted by atomic mass is 10.1. The van der Waals surface area contributed by atoms with Crippen LogP contribution in [0.2, 0.25) is 0 Å². The average Bonchev–Trinajstić information content (AvgIpc) is 2.16. The van der Waals surface area contributed by atoms with E-state index in [0.29, 0.717) is 0 Å². The number of rotatable bonds is 3. The molecule has 0 aliphatic carbocycles. The highest BCUT2D eigenvalue weighted by atomic mass is 19.3. The van der Waals surface area contributed by atoms with Crippen molar-refractivity contribution in [3.8, 4) is 11.8 Å². The maximum Gasteiger partial charge on any atom is 0.387 e. The monoisotopic (exact) mass is 199 g/mol. The van der Waals surface area contributed by atoms with E-state index in [1.165, 1.54) is 30.3 Å². The van der Waals surface area contributed by atoms with Crippen LogP contribution in [0.5, 0.6) is 5.75 Å². The summed E-state index contributed by atoms with van der Waals surface area (Å²) in [6, 6.07) is 7.14. The standard InChI is InChI=1S/C9H7F2NO2/c10-9(11)14-8-4-2-1-3-6(8)7(13)5-12/h1-4,7,9,13H. The highest BCUT2D eigenvalue weighted by Gasteiger charge is 2.14. The van der Waals surface area contributed by atoms with Crippen LogP contribution in [0.15, 0.2) is 24.3 Å². The number of aliphatic hydroxyl groups is 1. The second-order valence-corrected chi connectivity index (χ2v) is 2.45. The zero-order valence-electron chi connectivity index (χ0n) is 7.02. The Bertz CT molecular complexity index is 349. The normalized spacial score (nSPS) is 12.2. The molecule has 0 aliphatic heterocycles. The van der Waals surface area contributed by atoms with Crippen LogP contribution in [-0.2, 0) is 0 Å².